The highest BCUT2D eigenvalue weighted by atomic mass is 16.6. The van der Waals surface area contributed by atoms with Crippen LogP contribution in [-0.2, 0) is 0 Å². The van der Waals surface area contributed by atoms with Crippen molar-refractivity contribution in [2.45, 2.75) is 26.8 Å². The fourth-order valence-electron chi connectivity index (χ4n) is 1.34. The number of aromatic nitrogens is 2. The standard InChI is InChI=1S/C10H17N5O2/c1-5-11-9-8(15(16)17)10(13-6-12-9)14(4)7(2)3/h6-7H,5H2,1-4H3,(H,11,12,13). The highest BCUT2D eigenvalue weighted by molar-refractivity contribution is 5.70. The monoisotopic (exact) mass is 239 g/mol. The highest BCUT2D eigenvalue weighted by Crippen LogP contribution is 2.31. The molecule has 0 fully saturated rings. The first-order valence-corrected chi connectivity index (χ1v) is 5.45. The van der Waals surface area contributed by atoms with Gasteiger partial charge in [0.2, 0.25) is 11.6 Å². The van der Waals surface area contributed by atoms with Crippen LogP contribution in [0.25, 0.3) is 0 Å². The Bertz CT molecular complexity index is 408. The highest BCUT2D eigenvalue weighted by Gasteiger charge is 2.25. The lowest BCUT2D eigenvalue weighted by Crippen LogP contribution is -2.27. The lowest BCUT2D eigenvalue weighted by Gasteiger charge is -2.22. The quantitative estimate of drug-likeness (QED) is 0.621. The van der Waals surface area contributed by atoms with Crippen molar-refractivity contribution in [3.63, 3.8) is 0 Å². The van der Waals surface area contributed by atoms with Gasteiger partial charge >= 0.3 is 5.69 Å². The molecule has 94 valence electrons. The molecule has 1 rings (SSSR count). The van der Waals surface area contributed by atoms with Crippen LogP contribution in [0.3, 0.4) is 0 Å². The molecule has 0 atom stereocenters. The smallest absolute Gasteiger partial charge is 0.353 e. The first-order chi connectivity index (χ1) is 7.99. The summed E-state index contributed by atoms with van der Waals surface area (Å²) in [7, 11) is 1.77. The van der Waals surface area contributed by atoms with E-state index in [-0.39, 0.29) is 17.5 Å². The Labute approximate surface area is 100 Å². The van der Waals surface area contributed by atoms with Crippen LogP contribution < -0.4 is 10.2 Å². The third-order valence-corrected chi connectivity index (χ3v) is 2.44. The van der Waals surface area contributed by atoms with Crippen molar-refractivity contribution in [2.75, 3.05) is 23.8 Å². The molecule has 0 unspecified atom stereocenters. The van der Waals surface area contributed by atoms with E-state index in [2.05, 4.69) is 15.3 Å². The molecule has 0 aliphatic carbocycles. The van der Waals surface area contributed by atoms with Crippen LogP contribution in [0.1, 0.15) is 20.8 Å². The molecule has 0 radical (unpaired) electrons. The van der Waals surface area contributed by atoms with Crippen molar-refractivity contribution in [1.29, 1.82) is 0 Å². The Balaban J connectivity index is 3.29. The summed E-state index contributed by atoms with van der Waals surface area (Å²) in [6, 6.07) is 0.123. The van der Waals surface area contributed by atoms with Gasteiger partial charge in [-0.1, -0.05) is 0 Å². The third kappa shape index (κ3) is 2.80. The molecule has 1 aromatic rings. The van der Waals surface area contributed by atoms with Crippen molar-refractivity contribution in [3.8, 4) is 0 Å². The van der Waals surface area contributed by atoms with Gasteiger partial charge in [0, 0.05) is 19.6 Å². The van der Waals surface area contributed by atoms with Gasteiger partial charge in [-0.05, 0) is 20.8 Å². The summed E-state index contributed by atoms with van der Waals surface area (Å²) < 4.78 is 0. The molecule has 1 N–H and O–H groups in total. The zero-order valence-electron chi connectivity index (χ0n) is 10.5. The Morgan fingerprint density at radius 3 is 2.65 bits per heavy atom. The maximum atomic E-state index is 11.1. The van der Waals surface area contributed by atoms with Crippen LogP contribution in [0, 0.1) is 10.1 Å². The van der Waals surface area contributed by atoms with Crippen molar-refractivity contribution < 1.29 is 4.92 Å². The molecule has 0 spiro atoms. The number of anilines is 2. The molecular formula is C10H17N5O2. The first-order valence-electron chi connectivity index (χ1n) is 5.45. The minimum Gasteiger partial charge on any atom is -0.364 e. The van der Waals surface area contributed by atoms with Gasteiger partial charge in [-0.15, -0.1) is 0 Å². The van der Waals surface area contributed by atoms with Crippen LogP contribution in [0.15, 0.2) is 6.33 Å². The van der Waals surface area contributed by atoms with E-state index in [1.54, 1.807) is 11.9 Å². The number of hydrogen-bond acceptors (Lipinski definition) is 6. The Hall–Kier alpha value is -1.92. The summed E-state index contributed by atoms with van der Waals surface area (Å²) in [5.41, 5.74) is -0.0782. The maximum absolute atomic E-state index is 11.1. The van der Waals surface area contributed by atoms with Crippen LogP contribution in [0.4, 0.5) is 17.3 Å². The number of nitrogens with one attached hydrogen (secondary N) is 1. The van der Waals surface area contributed by atoms with Crippen LogP contribution in [0.5, 0.6) is 0 Å². The van der Waals surface area contributed by atoms with E-state index in [1.807, 2.05) is 20.8 Å². The number of rotatable bonds is 5. The summed E-state index contributed by atoms with van der Waals surface area (Å²) >= 11 is 0. The molecule has 0 amide bonds. The summed E-state index contributed by atoms with van der Waals surface area (Å²) in [6.07, 6.45) is 1.33. The Morgan fingerprint density at radius 2 is 2.18 bits per heavy atom. The predicted molar refractivity (Wildman–Crippen MR) is 66.4 cm³/mol. The molecule has 0 saturated carbocycles. The number of nitrogens with zero attached hydrogens (tertiary/aromatic N) is 4. The third-order valence-electron chi connectivity index (χ3n) is 2.44. The van der Waals surface area contributed by atoms with Crippen LogP contribution in [0.2, 0.25) is 0 Å². The first kappa shape index (κ1) is 13.1. The van der Waals surface area contributed by atoms with Gasteiger partial charge in [-0.3, -0.25) is 10.1 Å². The summed E-state index contributed by atoms with van der Waals surface area (Å²) in [5, 5.41) is 14.0. The molecule has 7 nitrogen and oxygen atoms in total. The van der Waals surface area contributed by atoms with Gasteiger partial charge in [0.15, 0.2) is 0 Å². The van der Waals surface area contributed by atoms with E-state index in [4.69, 9.17) is 0 Å². The summed E-state index contributed by atoms with van der Waals surface area (Å²) in [4.78, 5) is 20.3. The molecule has 0 aliphatic rings. The Morgan fingerprint density at radius 1 is 1.53 bits per heavy atom. The zero-order valence-corrected chi connectivity index (χ0v) is 10.5. The normalized spacial score (nSPS) is 10.4. The number of nitro groups is 1. The fourth-order valence-corrected chi connectivity index (χ4v) is 1.34. The second kappa shape index (κ2) is 5.42. The van der Waals surface area contributed by atoms with Gasteiger partial charge < -0.3 is 10.2 Å². The molecule has 0 saturated heterocycles. The SMILES string of the molecule is CCNc1ncnc(N(C)C(C)C)c1[N+](=O)[O-]. The molecule has 7 heteroatoms. The molecule has 0 aromatic carbocycles. The lowest BCUT2D eigenvalue weighted by molar-refractivity contribution is -0.383. The van der Waals surface area contributed by atoms with Crippen LogP contribution >= 0.6 is 0 Å². The fraction of sp³-hybridized carbons (Fsp3) is 0.600. The average Bonchev–Trinajstić information content (AvgIpc) is 2.27. The molecular weight excluding hydrogens is 222 g/mol. The molecule has 1 aromatic heterocycles. The average molecular weight is 239 g/mol. The van der Waals surface area contributed by atoms with Crippen molar-refractivity contribution in [1.82, 2.24) is 9.97 Å². The van der Waals surface area contributed by atoms with E-state index >= 15 is 0 Å². The number of hydrogen-bond donors (Lipinski definition) is 1. The molecule has 0 bridgehead atoms. The predicted octanol–water partition coefficient (Wildman–Crippen LogP) is 1.66. The maximum Gasteiger partial charge on any atom is 0.353 e. The lowest BCUT2D eigenvalue weighted by atomic mass is 10.3. The topological polar surface area (TPSA) is 84.2 Å². The van der Waals surface area contributed by atoms with E-state index in [9.17, 15) is 10.1 Å². The van der Waals surface area contributed by atoms with Crippen molar-refractivity contribution in [2.24, 2.45) is 0 Å². The largest absolute Gasteiger partial charge is 0.364 e. The minimum absolute atomic E-state index is 0.0782. The van der Waals surface area contributed by atoms with Gasteiger partial charge in [0.1, 0.15) is 6.33 Å². The van der Waals surface area contributed by atoms with E-state index in [0.717, 1.165) is 0 Å². The second-order valence-corrected chi connectivity index (χ2v) is 3.89. The molecule has 17 heavy (non-hydrogen) atoms. The molecule has 1 heterocycles. The van der Waals surface area contributed by atoms with Gasteiger partial charge in [0.05, 0.1) is 4.92 Å². The summed E-state index contributed by atoms with van der Waals surface area (Å²) in [6.45, 7) is 6.32. The second-order valence-electron chi connectivity index (χ2n) is 3.89. The van der Waals surface area contributed by atoms with Crippen molar-refractivity contribution >= 4 is 17.3 Å². The van der Waals surface area contributed by atoms with Gasteiger partial charge in [-0.25, -0.2) is 9.97 Å². The van der Waals surface area contributed by atoms with E-state index in [0.29, 0.717) is 12.4 Å². The van der Waals surface area contributed by atoms with Gasteiger partial charge in [0.25, 0.3) is 0 Å². The summed E-state index contributed by atoms with van der Waals surface area (Å²) in [5.74, 6) is 0.589. The van der Waals surface area contributed by atoms with Crippen LogP contribution in [-0.4, -0.2) is 34.5 Å². The van der Waals surface area contributed by atoms with Gasteiger partial charge in [-0.2, -0.15) is 0 Å². The van der Waals surface area contributed by atoms with Crippen molar-refractivity contribution in [3.05, 3.63) is 16.4 Å². The van der Waals surface area contributed by atoms with E-state index < -0.39 is 4.92 Å². The minimum atomic E-state index is -0.452. The Kier molecular flexibility index (Phi) is 4.19. The molecule has 0 aliphatic heterocycles. The zero-order chi connectivity index (χ0) is 13.0. The van der Waals surface area contributed by atoms with E-state index in [1.165, 1.54) is 6.33 Å².